The van der Waals surface area contributed by atoms with Gasteiger partial charge in [0.25, 0.3) is 5.91 Å². The quantitative estimate of drug-likeness (QED) is 0.642. The predicted octanol–water partition coefficient (Wildman–Crippen LogP) is 3.77. The van der Waals surface area contributed by atoms with Crippen molar-refractivity contribution in [1.82, 2.24) is 0 Å². The Morgan fingerprint density at radius 1 is 0.962 bits per heavy atom. The average Bonchev–Trinajstić information content (AvgIpc) is 2.63. The molecule has 0 fully saturated rings. The molecule has 6 nitrogen and oxygen atoms in total. The maximum atomic E-state index is 12.6. The van der Waals surface area contributed by atoms with E-state index in [4.69, 9.17) is 10.5 Å². The van der Waals surface area contributed by atoms with Crippen LogP contribution in [0.1, 0.15) is 15.9 Å². The number of anilines is 2. The van der Waals surface area contributed by atoms with Crippen LogP contribution < -0.4 is 10.7 Å². The van der Waals surface area contributed by atoms with Crippen molar-refractivity contribution < 1.29 is 18.0 Å². The number of nitrogens with zero attached hydrogens (tertiary/aromatic N) is 3. The lowest BCUT2D eigenvalue weighted by molar-refractivity contribution is -0.137. The number of para-hydroxylation sites is 2. The van der Waals surface area contributed by atoms with Crippen molar-refractivity contribution in [2.75, 3.05) is 10.7 Å². The highest BCUT2D eigenvalue weighted by Gasteiger charge is 2.30. The second-order valence-electron chi connectivity index (χ2n) is 4.87. The zero-order valence-electron chi connectivity index (χ0n) is 13.0. The van der Waals surface area contributed by atoms with Gasteiger partial charge >= 0.3 is 6.18 Å². The zero-order chi connectivity index (χ0) is 19.2. The maximum Gasteiger partial charge on any atom is 0.416 e. The third-order valence-corrected chi connectivity index (χ3v) is 3.15. The van der Waals surface area contributed by atoms with Crippen LogP contribution in [0.4, 0.5) is 24.5 Å². The maximum absolute atomic E-state index is 12.6. The molecule has 0 atom stereocenters. The molecule has 0 radical (unpaired) electrons. The lowest BCUT2D eigenvalue weighted by Crippen LogP contribution is -2.14. The molecule has 0 heterocycles. The molecule has 26 heavy (non-hydrogen) atoms. The number of nitrogens with one attached hydrogen (secondary N) is 2. The van der Waals surface area contributed by atoms with Crippen LogP contribution in [0.15, 0.2) is 53.6 Å². The molecule has 0 spiro atoms. The molecule has 0 bridgehead atoms. The van der Waals surface area contributed by atoms with Gasteiger partial charge in [0.1, 0.15) is 12.1 Å². The number of halogens is 3. The van der Waals surface area contributed by atoms with E-state index >= 15 is 0 Å². The molecule has 0 aliphatic heterocycles. The topological polar surface area (TPSA) is 101 Å². The van der Waals surface area contributed by atoms with Crippen molar-refractivity contribution in [3.63, 3.8) is 0 Å². The molecule has 130 valence electrons. The van der Waals surface area contributed by atoms with E-state index in [2.05, 4.69) is 15.8 Å². The first-order valence-electron chi connectivity index (χ1n) is 7.06. The van der Waals surface area contributed by atoms with Crippen LogP contribution in [0, 0.1) is 22.7 Å². The summed E-state index contributed by atoms with van der Waals surface area (Å²) in [5, 5.41) is 23.4. The highest BCUT2D eigenvalue weighted by atomic mass is 19.4. The molecule has 2 aromatic rings. The summed E-state index contributed by atoms with van der Waals surface area (Å²) in [5.41, 5.74) is 1.83. The van der Waals surface area contributed by atoms with Gasteiger partial charge in [-0.05, 0) is 36.4 Å². The molecule has 9 heteroatoms. The van der Waals surface area contributed by atoms with E-state index in [1.54, 1.807) is 24.3 Å². The Kier molecular flexibility index (Phi) is 5.56. The lowest BCUT2D eigenvalue weighted by Gasteiger charge is -2.11. The molecule has 0 aliphatic carbocycles. The fourth-order valence-electron chi connectivity index (χ4n) is 1.89. The van der Waals surface area contributed by atoms with Gasteiger partial charge in [0.15, 0.2) is 0 Å². The first-order valence-corrected chi connectivity index (χ1v) is 7.06. The molecule has 2 aromatic carbocycles. The molecule has 0 saturated carbocycles. The minimum Gasteiger partial charge on any atom is -0.320 e. The number of rotatable bonds is 4. The molecule has 1 amide bonds. The van der Waals surface area contributed by atoms with E-state index in [0.717, 1.165) is 24.3 Å². The van der Waals surface area contributed by atoms with Crippen molar-refractivity contribution in [3.05, 3.63) is 59.7 Å². The third-order valence-electron chi connectivity index (χ3n) is 3.15. The van der Waals surface area contributed by atoms with Crippen LogP contribution >= 0.6 is 0 Å². The summed E-state index contributed by atoms with van der Waals surface area (Å²) in [7, 11) is 0. The molecular weight excluding hydrogens is 347 g/mol. The van der Waals surface area contributed by atoms with Crippen LogP contribution in [-0.4, -0.2) is 11.6 Å². The number of benzene rings is 2. The summed E-state index contributed by atoms with van der Waals surface area (Å²) in [5.74, 6) is -0.627. The number of hydrogen-bond acceptors (Lipinski definition) is 5. The van der Waals surface area contributed by atoms with E-state index < -0.39 is 23.4 Å². The minimum absolute atomic E-state index is 0.0334. The standard InChI is InChI=1S/C17H10F3N5O/c18-17(19,20)12-7-5-11(6-8-12)16(26)23-14-3-1-2-4-15(14)25-24-13(9-21)10-22/h1-8,25H,(H,23,26). The van der Waals surface area contributed by atoms with Crippen molar-refractivity contribution in [2.45, 2.75) is 6.18 Å². The van der Waals surface area contributed by atoms with Crippen molar-refractivity contribution in [3.8, 4) is 12.1 Å². The normalized spacial score (nSPS) is 10.2. The summed E-state index contributed by atoms with van der Waals surface area (Å²) in [6, 6.07) is 13.2. The van der Waals surface area contributed by atoms with Gasteiger partial charge < -0.3 is 5.32 Å². The molecule has 2 rings (SSSR count). The Morgan fingerprint density at radius 3 is 2.08 bits per heavy atom. The van der Waals surface area contributed by atoms with Crippen molar-refractivity contribution in [1.29, 1.82) is 10.5 Å². The summed E-state index contributed by atoms with van der Waals surface area (Å²) < 4.78 is 37.7. The summed E-state index contributed by atoms with van der Waals surface area (Å²) in [4.78, 5) is 12.2. The molecule has 0 saturated heterocycles. The second kappa shape index (κ2) is 7.81. The Bertz CT molecular complexity index is 905. The number of nitriles is 2. The van der Waals surface area contributed by atoms with Gasteiger partial charge in [0.2, 0.25) is 5.71 Å². The van der Waals surface area contributed by atoms with Crippen LogP contribution in [0.3, 0.4) is 0 Å². The van der Waals surface area contributed by atoms with Crippen molar-refractivity contribution >= 4 is 23.0 Å². The number of carbonyl (C=O) groups is 1. The Morgan fingerprint density at radius 2 is 1.54 bits per heavy atom. The van der Waals surface area contributed by atoms with Gasteiger partial charge in [0.05, 0.1) is 16.9 Å². The fraction of sp³-hybridized carbons (Fsp3) is 0.0588. The number of carbonyl (C=O) groups excluding carboxylic acids is 1. The highest BCUT2D eigenvalue weighted by molar-refractivity contribution is 6.10. The Hall–Kier alpha value is -3.85. The highest BCUT2D eigenvalue weighted by Crippen LogP contribution is 2.29. The van der Waals surface area contributed by atoms with E-state index in [9.17, 15) is 18.0 Å². The van der Waals surface area contributed by atoms with Gasteiger partial charge in [-0.25, -0.2) is 0 Å². The molecular formula is C17H10F3N5O. The van der Waals surface area contributed by atoms with Crippen molar-refractivity contribution in [2.24, 2.45) is 5.10 Å². The fourth-order valence-corrected chi connectivity index (χ4v) is 1.89. The summed E-state index contributed by atoms with van der Waals surface area (Å²) >= 11 is 0. The van der Waals surface area contributed by atoms with E-state index in [1.807, 2.05) is 0 Å². The molecule has 0 aliphatic rings. The number of hydrazone groups is 1. The van der Waals surface area contributed by atoms with Crippen LogP contribution in [0.25, 0.3) is 0 Å². The predicted molar refractivity (Wildman–Crippen MR) is 88.1 cm³/mol. The minimum atomic E-state index is -4.48. The van der Waals surface area contributed by atoms with E-state index in [0.29, 0.717) is 5.69 Å². The van der Waals surface area contributed by atoms with E-state index in [-0.39, 0.29) is 11.3 Å². The smallest absolute Gasteiger partial charge is 0.320 e. The van der Waals surface area contributed by atoms with Gasteiger partial charge in [-0.15, -0.1) is 0 Å². The Labute approximate surface area is 146 Å². The van der Waals surface area contributed by atoms with Gasteiger partial charge in [-0.3, -0.25) is 10.2 Å². The molecule has 0 aromatic heterocycles. The van der Waals surface area contributed by atoms with Gasteiger partial charge in [-0.2, -0.15) is 28.8 Å². The Balaban J connectivity index is 2.19. The first kappa shape index (κ1) is 18.5. The third kappa shape index (κ3) is 4.58. The van der Waals surface area contributed by atoms with Gasteiger partial charge in [-0.1, -0.05) is 12.1 Å². The van der Waals surface area contributed by atoms with Crippen LogP contribution in [-0.2, 0) is 6.18 Å². The monoisotopic (exact) mass is 357 g/mol. The van der Waals surface area contributed by atoms with Gasteiger partial charge in [0, 0.05) is 5.56 Å². The number of hydrogen-bond donors (Lipinski definition) is 2. The van der Waals surface area contributed by atoms with Crippen LogP contribution in [0.5, 0.6) is 0 Å². The largest absolute Gasteiger partial charge is 0.416 e. The number of alkyl halides is 3. The number of amides is 1. The SMILES string of the molecule is N#CC(C#N)=NNc1ccccc1NC(=O)c1ccc(C(F)(F)F)cc1. The lowest BCUT2D eigenvalue weighted by atomic mass is 10.1. The summed E-state index contributed by atoms with van der Waals surface area (Å²) in [6.07, 6.45) is -4.48. The first-order chi connectivity index (χ1) is 12.3. The molecule has 0 unspecified atom stereocenters. The van der Waals surface area contributed by atoms with E-state index in [1.165, 1.54) is 12.1 Å². The van der Waals surface area contributed by atoms with Crippen LogP contribution in [0.2, 0.25) is 0 Å². The summed E-state index contributed by atoms with van der Waals surface area (Å²) in [6.45, 7) is 0. The second-order valence-corrected chi connectivity index (χ2v) is 4.87. The average molecular weight is 357 g/mol. The molecule has 2 N–H and O–H groups in total. The zero-order valence-corrected chi connectivity index (χ0v) is 13.0.